The van der Waals surface area contributed by atoms with Crippen LogP contribution in [0.15, 0.2) is 4.99 Å². The fourth-order valence-corrected chi connectivity index (χ4v) is 0.735. The van der Waals surface area contributed by atoms with Crippen LogP contribution in [0.5, 0.6) is 0 Å². The van der Waals surface area contributed by atoms with Gasteiger partial charge in [0.05, 0.1) is 5.92 Å². The van der Waals surface area contributed by atoms with Crippen LogP contribution in [-0.2, 0) is 0 Å². The molecule has 1 aliphatic rings. The van der Waals surface area contributed by atoms with Crippen molar-refractivity contribution in [2.75, 3.05) is 0 Å². The lowest BCUT2D eigenvalue weighted by atomic mass is 10.1. The van der Waals surface area contributed by atoms with E-state index in [2.05, 4.69) is 4.99 Å². The lowest BCUT2D eigenvalue weighted by molar-refractivity contribution is -0.0970. The number of carbonyl (C=O) groups is 1. The quantitative estimate of drug-likeness (QED) is 0.334. The molecule has 1 heterocycles. The van der Waals surface area contributed by atoms with Gasteiger partial charge in [-0.05, 0) is 0 Å². The second-order valence-electron chi connectivity index (χ2n) is 2.16. The Morgan fingerprint density at radius 1 is 1.64 bits per heavy atom. The molecular formula is C5H8N2O4. The molecule has 2 unspecified atom stereocenters. The Balaban J connectivity index is 2.68. The molecule has 0 radical (unpaired) electrons. The number of carbonyl (C=O) groups excluding carboxylic acids is 1. The fourth-order valence-electron chi connectivity index (χ4n) is 0.735. The first-order chi connectivity index (χ1) is 5.11. The van der Waals surface area contributed by atoms with Gasteiger partial charge >= 0.3 is 6.03 Å². The van der Waals surface area contributed by atoms with Crippen LogP contribution in [0.4, 0.5) is 4.79 Å². The highest BCUT2D eigenvalue weighted by molar-refractivity contribution is 5.87. The first-order valence-electron chi connectivity index (χ1n) is 3.00. The van der Waals surface area contributed by atoms with Crippen LogP contribution in [0.2, 0.25) is 0 Å². The summed E-state index contributed by atoms with van der Waals surface area (Å²) in [4.78, 5) is 13.6. The van der Waals surface area contributed by atoms with Gasteiger partial charge in [-0.1, -0.05) is 0 Å². The number of urea groups is 1. The lowest BCUT2D eigenvalue weighted by Gasteiger charge is -2.23. The van der Waals surface area contributed by atoms with Crippen LogP contribution in [0.25, 0.3) is 0 Å². The maximum absolute atomic E-state index is 10.4. The Bertz CT molecular complexity index is 191. The van der Waals surface area contributed by atoms with Gasteiger partial charge < -0.3 is 20.6 Å². The third-order valence-electron chi connectivity index (χ3n) is 1.34. The molecule has 2 amide bonds. The highest BCUT2D eigenvalue weighted by Gasteiger charge is 2.28. The van der Waals surface area contributed by atoms with Crippen LogP contribution < -0.4 is 5.32 Å². The summed E-state index contributed by atoms with van der Waals surface area (Å²) in [5.74, 6) is -0.951. The predicted octanol–water partition coefficient (Wildman–Crippen LogP) is -1.97. The Morgan fingerprint density at radius 2 is 2.27 bits per heavy atom. The molecule has 0 aromatic heterocycles. The van der Waals surface area contributed by atoms with Gasteiger partial charge in [-0.15, -0.1) is 0 Å². The van der Waals surface area contributed by atoms with Crippen molar-refractivity contribution in [1.82, 2.24) is 5.32 Å². The van der Waals surface area contributed by atoms with E-state index in [0.29, 0.717) is 0 Å². The minimum absolute atomic E-state index is 0.686. The third kappa shape index (κ3) is 1.73. The molecule has 0 spiro atoms. The number of amides is 2. The minimum atomic E-state index is -1.71. The van der Waals surface area contributed by atoms with E-state index in [9.17, 15) is 4.79 Å². The maximum atomic E-state index is 10.4. The van der Waals surface area contributed by atoms with Crippen molar-refractivity contribution in [1.29, 1.82) is 0 Å². The molecule has 0 aliphatic carbocycles. The van der Waals surface area contributed by atoms with Gasteiger partial charge in [0, 0.05) is 6.21 Å². The van der Waals surface area contributed by atoms with E-state index in [-0.39, 0.29) is 0 Å². The minimum Gasteiger partial charge on any atom is -0.373 e. The summed E-state index contributed by atoms with van der Waals surface area (Å²) < 4.78 is 0. The highest BCUT2D eigenvalue weighted by atomic mass is 16.5. The molecule has 0 aromatic rings. The number of aliphatic hydroxyl groups excluding tert-OH is 2. The summed E-state index contributed by atoms with van der Waals surface area (Å²) in [5, 5.41) is 28.1. The van der Waals surface area contributed by atoms with Crippen LogP contribution >= 0.6 is 0 Å². The molecule has 0 fully saturated rings. The largest absolute Gasteiger partial charge is 0.373 e. The molecule has 1 aliphatic heterocycles. The van der Waals surface area contributed by atoms with Crippen molar-refractivity contribution in [2.45, 2.75) is 12.5 Å². The molecule has 0 bridgehead atoms. The van der Waals surface area contributed by atoms with Gasteiger partial charge in [0.15, 0.2) is 6.29 Å². The summed E-state index contributed by atoms with van der Waals surface area (Å²) >= 11 is 0. The number of rotatable bonds is 1. The van der Waals surface area contributed by atoms with E-state index in [4.69, 9.17) is 15.3 Å². The van der Waals surface area contributed by atoms with Gasteiger partial charge in [0.1, 0.15) is 6.23 Å². The second kappa shape index (κ2) is 2.95. The number of aliphatic imine (C=N–C) groups is 1. The highest BCUT2D eigenvalue weighted by Crippen LogP contribution is 2.06. The zero-order chi connectivity index (χ0) is 8.43. The molecule has 6 nitrogen and oxygen atoms in total. The van der Waals surface area contributed by atoms with Crippen LogP contribution in [0, 0.1) is 5.92 Å². The topological polar surface area (TPSA) is 102 Å². The van der Waals surface area contributed by atoms with E-state index in [0.717, 1.165) is 6.21 Å². The molecule has 4 N–H and O–H groups in total. The Hall–Kier alpha value is -0.980. The van der Waals surface area contributed by atoms with E-state index in [1.54, 1.807) is 0 Å². The Labute approximate surface area is 62.2 Å². The van der Waals surface area contributed by atoms with Crippen molar-refractivity contribution in [3.8, 4) is 0 Å². The molecule has 6 heteroatoms. The smallest absolute Gasteiger partial charge is 0.342 e. The van der Waals surface area contributed by atoms with Crippen LogP contribution in [0.1, 0.15) is 0 Å². The summed E-state index contributed by atoms with van der Waals surface area (Å²) in [5.41, 5.74) is 0. The zero-order valence-electron chi connectivity index (χ0n) is 5.51. The van der Waals surface area contributed by atoms with Gasteiger partial charge in [-0.2, -0.15) is 0 Å². The summed E-state index contributed by atoms with van der Waals surface area (Å²) in [6, 6.07) is -0.686. The van der Waals surface area contributed by atoms with Gasteiger partial charge in [0.25, 0.3) is 0 Å². The fraction of sp³-hybridized carbons (Fsp3) is 0.600. The number of hydrogen-bond donors (Lipinski definition) is 4. The van der Waals surface area contributed by atoms with Gasteiger partial charge in [-0.3, -0.25) is 0 Å². The summed E-state index contributed by atoms with van der Waals surface area (Å²) in [6.45, 7) is 0. The molecule has 1 rings (SSSR count). The lowest BCUT2D eigenvalue weighted by Crippen LogP contribution is -2.47. The molecule has 11 heavy (non-hydrogen) atoms. The molecule has 62 valence electrons. The zero-order valence-corrected chi connectivity index (χ0v) is 5.51. The van der Waals surface area contributed by atoms with Crippen molar-refractivity contribution in [3.05, 3.63) is 0 Å². The van der Waals surface area contributed by atoms with Crippen LogP contribution in [0.3, 0.4) is 0 Å². The Kier molecular flexibility index (Phi) is 2.18. The van der Waals surface area contributed by atoms with E-state index >= 15 is 0 Å². The van der Waals surface area contributed by atoms with Gasteiger partial charge in [-0.25, -0.2) is 9.79 Å². The number of hydrogen-bond acceptors (Lipinski definition) is 4. The summed E-state index contributed by atoms with van der Waals surface area (Å²) in [7, 11) is 0. The second-order valence-corrected chi connectivity index (χ2v) is 2.16. The van der Waals surface area contributed by atoms with Crippen molar-refractivity contribution < 1.29 is 20.1 Å². The van der Waals surface area contributed by atoms with Gasteiger partial charge in [0.2, 0.25) is 0 Å². The third-order valence-corrected chi connectivity index (χ3v) is 1.34. The maximum Gasteiger partial charge on any atom is 0.342 e. The van der Waals surface area contributed by atoms with Crippen molar-refractivity contribution in [2.24, 2.45) is 10.9 Å². The average molecular weight is 160 g/mol. The molecule has 0 saturated carbocycles. The molecule has 0 saturated heterocycles. The predicted molar refractivity (Wildman–Crippen MR) is 34.7 cm³/mol. The molecule has 0 aromatic carbocycles. The monoisotopic (exact) mass is 160 g/mol. The van der Waals surface area contributed by atoms with E-state index in [1.807, 2.05) is 5.32 Å². The van der Waals surface area contributed by atoms with E-state index in [1.165, 1.54) is 0 Å². The number of nitrogens with zero attached hydrogens (tertiary/aromatic N) is 1. The Morgan fingerprint density at radius 3 is 2.73 bits per heavy atom. The van der Waals surface area contributed by atoms with E-state index < -0.39 is 24.5 Å². The first-order valence-corrected chi connectivity index (χ1v) is 3.00. The SMILES string of the molecule is O=C1N=CC(C(O)O)C(O)N1. The standard InChI is InChI=1S/C5H8N2O4/c8-3-2(4(9)10)1-6-5(11)7-3/h1-4,8-10H,(H,7,11). The summed E-state index contributed by atoms with van der Waals surface area (Å²) in [6.07, 6.45) is -1.98. The number of aliphatic hydroxyl groups is 3. The number of nitrogens with one attached hydrogen (secondary N) is 1. The van der Waals surface area contributed by atoms with Crippen LogP contribution in [-0.4, -0.2) is 40.1 Å². The normalized spacial score (nSPS) is 30.7. The molecule has 2 atom stereocenters. The average Bonchev–Trinajstić information content (AvgIpc) is 1.85. The first kappa shape index (κ1) is 8.12. The van der Waals surface area contributed by atoms with Crippen molar-refractivity contribution in [3.63, 3.8) is 0 Å². The molecular weight excluding hydrogens is 152 g/mol. The van der Waals surface area contributed by atoms with Crippen molar-refractivity contribution >= 4 is 12.2 Å².